The zero-order chi connectivity index (χ0) is 12.9. The van der Waals surface area contributed by atoms with Crippen LogP contribution in [0.15, 0.2) is 11.8 Å². The van der Waals surface area contributed by atoms with Crippen molar-refractivity contribution in [2.45, 2.75) is 40.5 Å². The zero-order valence-corrected chi connectivity index (χ0v) is 11.4. The summed E-state index contributed by atoms with van der Waals surface area (Å²) in [6, 6.07) is 0. The molecule has 0 aromatic rings. The number of hydrogen-bond donors (Lipinski definition) is 0. The van der Waals surface area contributed by atoms with E-state index in [2.05, 4.69) is 6.92 Å². The normalized spacial score (nSPS) is 26.2. The highest BCUT2D eigenvalue weighted by atomic mass is 16.5. The summed E-state index contributed by atoms with van der Waals surface area (Å²) < 4.78 is 10.5. The van der Waals surface area contributed by atoms with Crippen molar-refractivity contribution in [3.05, 3.63) is 11.8 Å². The second kappa shape index (κ2) is 6.20. The largest absolute Gasteiger partial charge is 0.498 e. The van der Waals surface area contributed by atoms with Gasteiger partial charge < -0.3 is 9.47 Å². The molecule has 1 rings (SSSR count). The monoisotopic (exact) mass is 240 g/mol. The molecule has 1 saturated carbocycles. The summed E-state index contributed by atoms with van der Waals surface area (Å²) in [6.45, 7) is 9.93. The summed E-state index contributed by atoms with van der Waals surface area (Å²) in [6.07, 6.45) is 3.52. The van der Waals surface area contributed by atoms with Crippen LogP contribution in [0.5, 0.6) is 0 Å². The highest BCUT2D eigenvalue weighted by Gasteiger charge is 2.39. The lowest BCUT2D eigenvalue weighted by atomic mass is 9.67. The summed E-state index contributed by atoms with van der Waals surface area (Å²) in [5.74, 6) is 0.670. The molecule has 1 aliphatic rings. The van der Waals surface area contributed by atoms with E-state index in [9.17, 15) is 4.79 Å². The fourth-order valence-electron chi connectivity index (χ4n) is 2.01. The van der Waals surface area contributed by atoms with Crippen molar-refractivity contribution in [1.82, 2.24) is 0 Å². The molecule has 1 aliphatic carbocycles. The molecule has 3 nitrogen and oxygen atoms in total. The molecule has 0 amide bonds. The zero-order valence-electron chi connectivity index (χ0n) is 11.4. The highest BCUT2D eigenvalue weighted by molar-refractivity contribution is 6.00. The Labute approximate surface area is 104 Å². The summed E-state index contributed by atoms with van der Waals surface area (Å²) in [5, 5.41) is 0. The third-order valence-corrected chi connectivity index (χ3v) is 3.73. The molecular weight excluding hydrogens is 216 g/mol. The Hall–Kier alpha value is -0.830. The molecule has 0 N–H and O–H groups in total. The van der Waals surface area contributed by atoms with Crippen molar-refractivity contribution in [1.29, 1.82) is 0 Å². The first-order chi connectivity index (χ1) is 8.00. The summed E-state index contributed by atoms with van der Waals surface area (Å²) in [4.78, 5) is 12.2. The van der Waals surface area contributed by atoms with Crippen molar-refractivity contribution in [3.63, 3.8) is 0 Å². The van der Waals surface area contributed by atoms with Crippen LogP contribution < -0.4 is 0 Å². The maximum Gasteiger partial charge on any atom is 0.167 e. The molecule has 98 valence electrons. The molecule has 3 heteroatoms. The Balaban J connectivity index is 2.49. The number of allylic oxidation sites excluding steroid dienone is 1. The lowest BCUT2D eigenvalue weighted by Gasteiger charge is -2.35. The van der Waals surface area contributed by atoms with Gasteiger partial charge in [0.05, 0.1) is 12.9 Å². The van der Waals surface area contributed by atoms with Gasteiger partial charge in [-0.15, -0.1) is 0 Å². The van der Waals surface area contributed by atoms with Gasteiger partial charge in [0.25, 0.3) is 0 Å². The number of carbonyl (C=O) groups excluding carboxylic acids is 1. The fourth-order valence-corrected chi connectivity index (χ4v) is 2.01. The lowest BCUT2D eigenvalue weighted by Crippen LogP contribution is -2.36. The predicted octanol–water partition coefficient (Wildman–Crippen LogP) is 2.95. The number of carbonyl (C=O) groups is 1. The van der Waals surface area contributed by atoms with Gasteiger partial charge in [-0.05, 0) is 25.7 Å². The number of ether oxygens (including phenoxy) is 2. The van der Waals surface area contributed by atoms with Gasteiger partial charge in [0.15, 0.2) is 5.78 Å². The van der Waals surface area contributed by atoms with Crippen LogP contribution in [0, 0.1) is 11.3 Å². The summed E-state index contributed by atoms with van der Waals surface area (Å²) >= 11 is 0. The minimum atomic E-state index is -0.257. The molecule has 0 saturated heterocycles. The van der Waals surface area contributed by atoms with Crippen LogP contribution in [0.1, 0.15) is 40.5 Å². The molecule has 0 aliphatic heterocycles. The number of hydrogen-bond acceptors (Lipinski definition) is 3. The van der Waals surface area contributed by atoms with Crippen LogP contribution in [0.25, 0.3) is 0 Å². The van der Waals surface area contributed by atoms with Gasteiger partial charge in [0, 0.05) is 17.6 Å². The summed E-state index contributed by atoms with van der Waals surface area (Å²) in [7, 11) is 0. The minimum Gasteiger partial charge on any atom is -0.498 e. The third kappa shape index (κ3) is 3.56. The van der Waals surface area contributed by atoms with E-state index in [1.54, 1.807) is 6.26 Å². The maximum absolute atomic E-state index is 12.2. The fraction of sp³-hybridized carbons (Fsp3) is 0.786. The van der Waals surface area contributed by atoms with Crippen molar-refractivity contribution >= 4 is 5.78 Å². The average Bonchev–Trinajstić information content (AvgIpc) is 2.29. The maximum atomic E-state index is 12.2. The number of ketones is 1. The van der Waals surface area contributed by atoms with Crippen LogP contribution >= 0.6 is 0 Å². The van der Waals surface area contributed by atoms with E-state index in [1.807, 2.05) is 20.8 Å². The van der Waals surface area contributed by atoms with Gasteiger partial charge in [-0.3, -0.25) is 4.79 Å². The standard InChI is InChI=1S/C14H24O3/c1-5-16-8-9-17-10-12-7-6-11(2)14(3,4)13(12)15/h10-11H,5-9H2,1-4H3. The molecule has 0 radical (unpaired) electrons. The molecular formula is C14H24O3. The van der Waals surface area contributed by atoms with E-state index in [0.717, 1.165) is 18.4 Å². The van der Waals surface area contributed by atoms with Gasteiger partial charge in [-0.1, -0.05) is 20.8 Å². The first kappa shape index (κ1) is 14.2. The van der Waals surface area contributed by atoms with Gasteiger partial charge >= 0.3 is 0 Å². The quantitative estimate of drug-likeness (QED) is 0.421. The molecule has 1 atom stereocenters. The molecule has 0 spiro atoms. The molecule has 1 unspecified atom stereocenters. The third-order valence-electron chi connectivity index (χ3n) is 3.73. The van der Waals surface area contributed by atoms with Gasteiger partial charge in [-0.2, -0.15) is 0 Å². The van der Waals surface area contributed by atoms with Crippen molar-refractivity contribution in [2.24, 2.45) is 11.3 Å². The lowest BCUT2D eigenvalue weighted by molar-refractivity contribution is -0.127. The number of rotatable bonds is 5. The van der Waals surface area contributed by atoms with E-state index < -0.39 is 0 Å². The topological polar surface area (TPSA) is 35.5 Å². The van der Waals surface area contributed by atoms with Crippen LogP contribution in [0.4, 0.5) is 0 Å². The Kier molecular flexibility index (Phi) is 5.19. The van der Waals surface area contributed by atoms with E-state index in [-0.39, 0.29) is 11.2 Å². The van der Waals surface area contributed by atoms with Gasteiger partial charge in [0.1, 0.15) is 6.61 Å². The van der Waals surface area contributed by atoms with Crippen LogP contribution in [0.3, 0.4) is 0 Å². The van der Waals surface area contributed by atoms with Crippen LogP contribution in [0.2, 0.25) is 0 Å². The molecule has 17 heavy (non-hydrogen) atoms. The molecule has 0 bridgehead atoms. The van der Waals surface area contributed by atoms with Crippen LogP contribution in [-0.4, -0.2) is 25.6 Å². The van der Waals surface area contributed by atoms with E-state index in [1.165, 1.54) is 0 Å². The molecule has 0 heterocycles. The SMILES string of the molecule is CCOCCOC=C1CCC(C)C(C)(C)C1=O. The predicted molar refractivity (Wildman–Crippen MR) is 67.7 cm³/mol. The first-order valence-electron chi connectivity index (χ1n) is 6.43. The smallest absolute Gasteiger partial charge is 0.167 e. The Bertz CT molecular complexity index is 292. The number of Topliss-reactive ketones (excluding diaryl/α,β-unsaturated/α-hetero) is 1. The first-order valence-corrected chi connectivity index (χ1v) is 6.43. The van der Waals surface area contributed by atoms with E-state index >= 15 is 0 Å². The Morgan fingerprint density at radius 1 is 1.41 bits per heavy atom. The highest BCUT2D eigenvalue weighted by Crippen LogP contribution is 2.39. The van der Waals surface area contributed by atoms with Crippen LogP contribution in [-0.2, 0) is 14.3 Å². The Morgan fingerprint density at radius 2 is 2.12 bits per heavy atom. The second-order valence-electron chi connectivity index (χ2n) is 5.20. The van der Waals surface area contributed by atoms with E-state index in [4.69, 9.17) is 9.47 Å². The van der Waals surface area contributed by atoms with Crippen molar-refractivity contribution < 1.29 is 14.3 Å². The van der Waals surface area contributed by atoms with E-state index in [0.29, 0.717) is 25.7 Å². The molecule has 0 aromatic carbocycles. The van der Waals surface area contributed by atoms with Gasteiger partial charge in [-0.25, -0.2) is 0 Å². The second-order valence-corrected chi connectivity index (χ2v) is 5.20. The average molecular weight is 240 g/mol. The minimum absolute atomic E-state index is 0.229. The Morgan fingerprint density at radius 3 is 2.76 bits per heavy atom. The summed E-state index contributed by atoms with van der Waals surface area (Å²) in [5.41, 5.74) is 0.567. The van der Waals surface area contributed by atoms with Gasteiger partial charge in [0.2, 0.25) is 0 Å². The molecule has 1 fully saturated rings. The van der Waals surface area contributed by atoms with Crippen molar-refractivity contribution in [2.75, 3.05) is 19.8 Å². The van der Waals surface area contributed by atoms with Crippen molar-refractivity contribution in [3.8, 4) is 0 Å². The molecule has 0 aromatic heterocycles.